The van der Waals surface area contributed by atoms with Gasteiger partial charge in [0.05, 0.1) is 13.7 Å². The third-order valence-electron chi connectivity index (χ3n) is 1.68. The average molecular weight is 199 g/mol. The molecule has 6 nitrogen and oxygen atoms in total. The van der Waals surface area contributed by atoms with E-state index in [9.17, 15) is 4.79 Å². The van der Waals surface area contributed by atoms with Crippen molar-refractivity contribution in [2.45, 2.75) is 26.4 Å². The van der Waals surface area contributed by atoms with Gasteiger partial charge in [0.2, 0.25) is 5.89 Å². The van der Waals surface area contributed by atoms with Gasteiger partial charge in [0, 0.05) is 0 Å². The van der Waals surface area contributed by atoms with Crippen LogP contribution in [0.4, 0.5) is 0 Å². The molecule has 0 aliphatic heterocycles. The Hall–Kier alpha value is -1.43. The Morgan fingerprint density at radius 2 is 2.43 bits per heavy atom. The summed E-state index contributed by atoms with van der Waals surface area (Å²) in [6, 6.07) is -0.382. The summed E-state index contributed by atoms with van der Waals surface area (Å²) in [5.41, 5.74) is 0. The normalized spacial score (nSPS) is 12.5. The van der Waals surface area contributed by atoms with Crippen LogP contribution in [-0.2, 0) is 16.1 Å². The second kappa shape index (κ2) is 4.71. The van der Waals surface area contributed by atoms with Crippen molar-refractivity contribution in [2.75, 3.05) is 7.11 Å². The van der Waals surface area contributed by atoms with E-state index in [1.807, 2.05) is 0 Å². The van der Waals surface area contributed by atoms with Crippen LogP contribution in [0, 0.1) is 6.92 Å². The van der Waals surface area contributed by atoms with Gasteiger partial charge in [-0.2, -0.15) is 4.98 Å². The first kappa shape index (κ1) is 10.6. The number of carbonyl (C=O) groups excluding carboxylic acids is 1. The van der Waals surface area contributed by atoms with Crippen molar-refractivity contribution >= 4 is 5.97 Å². The van der Waals surface area contributed by atoms with E-state index in [2.05, 4.69) is 20.2 Å². The molecule has 1 unspecified atom stereocenters. The molecule has 6 heteroatoms. The summed E-state index contributed by atoms with van der Waals surface area (Å²) in [7, 11) is 1.34. The van der Waals surface area contributed by atoms with Gasteiger partial charge in [0.25, 0.3) is 0 Å². The Labute approximate surface area is 81.6 Å². The summed E-state index contributed by atoms with van der Waals surface area (Å²) >= 11 is 0. The van der Waals surface area contributed by atoms with Crippen molar-refractivity contribution < 1.29 is 14.1 Å². The smallest absolute Gasteiger partial charge is 0.322 e. The first-order valence-electron chi connectivity index (χ1n) is 4.24. The maximum absolute atomic E-state index is 11.0. The van der Waals surface area contributed by atoms with E-state index in [4.69, 9.17) is 4.52 Å². The van der Waals surface area contributed by atoms with Gasteiger partial charge in [0.1, 0.15) is 6.04 Å². The predicted molar refractivity (Wildman–Crippen MR) is 47.4 cm³/mol. The van der Waals surface area contributed by atoms with Gasteiger partial charge in [-0.3, -0.25) is 10.1 Å². The molecule has 1 atom stereocenters. The average Bonchev–Trinajstić information content (AvgIpc) is 2.59. The number of methoxy groups -OCH3 is 1. The Bertz CT molecular complexity index is 311. The number of hydrogen-bond donors (Lipinski definition) is 1. The summed E-state index contributed by atoms with van der Waals surface area (Å²) in [6.45, 7) is 3.79. The highest BCUT2D eigenvalue weighted by atomic mass is 16.5. The predicted octanol–water partition coefficient (Wildman–Crippen LogP) is 0.0291. The lowest BCUT2D eigenvalue weighted by Crippen LogP contribution is -2.34. The van der Waals surface area contributed by atoms with Crippen LogP contribution in [0.3, 0.4) is 0 Å². The lowest BCUT2D eigenvalue weighted by molar-refractivity contribution is -0.142. The molecule has 0 aromatic carbocycles. The molecule has 0 amide bonds. The number of hydrogen-bond acceptors (Lipinski definition) is 6. The van der Waals surface area contributed by atoms with E-state index >= 15 is 0 Å². The molecule has 1 aromatic heterocycles. The third-order valence-corrected chi connectivity index (χ3v) is 1.68. The fourth-order valence-electron chi connectivity index (χ4n) is 0.912. The molecule has 1 heterocycles. The van der Waals surface area contributed by atoms with Crippen LogP contribution in [0.5, 0.6) is 0 Å². The number of rotatable bonds is 4. The summed E-state index contributed by atoms with van der Waals surface area (Å²) < 4.78 is 9.39. The second-order valence-corrected chi connectivity index (χ2v) is 2.86. The van der Waals surface area contributed by atoms with Crippen molar-refractivity contribution in [3.63, 3.8) is 0 Å². The molecule has 0 saturated heterocycles. The molecule has 14 heavy (non-hydrogen) atoms. The summed E-state index contributed by atoms with van der Waals surface area (Å²) in [4.78, 5) is 15.0. The molecule has 0 radical (unpaired) electrons. The lowest BCUT2D eigenvalue weighted by Gasteiger charge is -2.08. The highest BCUT2D eigenvalue weighted by Gasteiger charge is 2.13. The number of aromatic nitrogens is 2. The van der Waals surface area contributed by atoms with Crippen molar-refractivity contribution in [3.05, 3.63) is 11.7 Å². The van der Waals surface area contributed by atoms with Crippen molar-refractivity contribution in [3.8, 4) is 0 Å². The first-order chi connectivity index (χ1) is 6.63. The van der Waals surface area contributed by atoms with E-state index in [1.54, 1.807) is 13.8 Å². The topological polar surface area (TPSA) is 77.2 Å². The molecule has 0 bridgehead atoms. The minimum Gasteiger partial charge on any atom is -0.468 e. The first-order valence-corrected chi connectivity index (χ1v) is 4.24. The molecule has 0 fully saturated rings. The molecular weight excluding hydrogens is 186 g/mol. The van der Waals surface area contributed by atoms with Crippen molar-refractivity contribution in [1.29, 1.82) is 0 Å². The van der Waals surface area contributed by atoms with E-state index in [0.29, 0.717) is 18.3 Å². The molecule has 1 rings (SSSR count). The van der Waals surface area contributed by atoms with E-state index in [0.717, 1.165) is 0 Å². The largest absolute Gasteiger partial charge is 0.468 e. The van der Waals surface area contributed by atoms with Crippen LogP contribution in [0.2, 0.25) is 0 Å². The zero-order valence-corrected chi connectivity index (χ0v) is 8.40. The summed E-state index contributed by atoms with van der Waals surface area (Å²) in [5.74, 6) is 0.715. The number of nitrogens with one attached hydrogen (secondary N) is 1. The number of nitrogens with zero attached hydrogens (tertiary/aromatic N) is 2. The fourth-order valence-corrected chi connectivity index (χ4v) is 0.912. The van der Waals surface area contributed by atoms with Crippen molar-refractivity contribution in [2.24, 2.45) is 0 Å². The van der Waals surface area contributed by atoms with E-state index < -0.39 is 0 Å². The monoisotopic (exact) mass is 199 g/mol. The summed E-state index contributed by atoms with van der Waals surface area (Å²) in [6.07, 6.45) is 0. The molecule has 0 spiro atoms. The molecule has 78 valence electrons. The minimum atomic E-state index is -0.382. The van der Waals surface area contributed by atoms with Crippen LogP contribution in [0.15, 0.2) is 4.52 Å². The molecule has 0 saturated carbocycles. The maximum atomic E-state index is 11.0. The quantitative estimate of drug-likeness (QED) is 0.689. The Balaban J connectivity index is 2.37. The van der Waals surface area contributed by atoms with Gasteiger partial charge in [0.15, 0.2) is 5.82 Å². The fraction of sp³-hybridized carbons (Fsp3) is 0.625. The van der Waals surface area contributed by atoms with Gasteiger partial charge in [-0.25, -0.2) is 0 Å². The molecule has 0 aliphatic rings. The Morgan fingerprint density at radius 3 is 2.93 bits per heavy atom. The van der Waals surface area contributed by atoms with Gasteiger partial charge < -0.3 is 9.26 Å². The van der Waals surface area contributed by atoms with Crippen molar-refractivity contribution in [1.82, 2.24) is 15.5 Å². The number of ether oxygens (including phenoxy) is 1. The van der Waals surface area contributed by atoms with Gasteiger partial charge in [-0.15, -0.1) is 0 Å². The molecule has 1 N–H and O–H groups in total. The van der Waals surface area contributed by atoms with Gasteiger partial charge in [-0.05, 0) is 13.8 Å². The number of esters is 1. The standard InChI is InChI=1S/C8H13N3O3/c1-5(8(12)13-3)9-4-7-10-6(2)11-14-7/h5,9H,4H2,1-3H3. The molecular formula is C8H13N3O3. The third kappa shape index (κ3) is 2.81. The van der Waals surface area contributed by atoms with Crippen LogP contribution >= 0.6 is 0 Å². The van der Waals surface area contributed by atoms with Gasteiger partial charge >= 0.3 is 5.97 Å². The highest BCUT2D eigenvalue weighted by molar-refractivity contribution is 5.74. The zero-order chi connectivity index (χ0) is 10.6. The van der Waals surface area contributed by atoms with Crippen LogP contribution < -0.4 is 5.32 Å². The zero-order valence-electron chi connectivity index (χ0n) is 8.40. The SMILES string of the molecule is COC(=O)C(C)NCc1nc(C)no1. The van der Waals surface area contributed by atoms with Crippen LogP contribution in [0.25, 0.3) is 0 Å². The Morgan fingerprint density at radius 1 is 1.71 bits per heavy atom. The maximum Gasteiger partial charge on any atom is 0.322 e. The molecule has 0 aliphatic carbocycles. The minimum absolute atomic E-state index is 0.318. The number of aryl methyl sites for hydroxylation is 1. The second-order valence-electron chi connectivity index (χ2n) is 2.86. The highest BCUT2D eigenvalue weighted by Crippen LogP contribution is 1.96. The van der Waals surface area contributed by atoms with Gasteiger partial charge in [-0.1, -0.05) is 5.16 Å². The Kier molecular flexibility index (Phi) is 3.58. The van der Waals surface area contributed by atoms with Crippen LogP contribution in [0.1, 0.15) is 18.6 Å². The number of carbonyl (C=O) groups is 1. The van der Waals surface area contributed by atoms with Crippen LogP contribution in [-0.4, -0.2) is 29.3 Å². The lowest BCUT2D eigenvalue weighted by atomic mass is 10.3. The molecule has 1 aromatic rings. The van der Waals surface area contributed by atoms with E-state index in [-0.39, 0.29) is 12.0 Å². The van der Waals surface area contributed by atoms with E-state index in [1.165, 1.54) is 7.11 Å². The summed E-state index contributed by atoms with van der Waals surface area (Å²) in [5, 5.41) is 6.51.